The molecule has 0 radical (unpaired) electrons. The molecule has 100 valence electrons. The molecular formula is C14H16N2O3. The molecule has 0 aliphatic heterocycles. The Morgan fingerprint density at radius 1 is 1.26 bits per heavy atom. The van der Waals surface area contributed by atoms with Crippen molar-refractivity contribution in [3.8, 4) is 6.07 Å². The van der Waals surface area contributed by atoms with Gasteiger partial charge in [-0.25, -0.2) is 4.79 Å². The quantitative estimate of drug-likeness (QED) is 0.847. The van der Waals surface area contributed by atoms with Crippen LogP contribution in [0.4, 0.5) is 5.69 Å². The van der Waals surface area contributed by atoms with E-state index < -0.39 is 11.6 Å². The minimum Gasteiger partial charge on any atom is -0.456 e. The number of carbonyl (C=O) groups is 2. The van der Waals surface area contributed by atoms with Crippen LogP contribution in [0.1, 0.15) is 37.6 Å². The zero-order chi connectivity index (χ0) is 14.5. The van der Waals surface area contributed by atoms with Gasteiger partial charge in [-0.3, -0.25) is 4.79 Å². The second kappa shape index (κ2) is 6.01. The highest BCUT2D eigenvalue weighted by molar-refractivity contribution is 5.93. The molecule has 0 aliphatic rings. The lowest BCUT2D eigenvalue weighted by molar-refractivity contribution is -0.115. The molecule has 1 aromatic rings. The number of hydrogen-bond acceptors (Lipinski definition) is 4. The number of carbonyl (C=O) groups excluding carboxylic acids is 2. The highest BCUT2D eigenvalue weighted by atomic mass is 16.6. The number of amides is 1. The average Bonchev–Trinajstić information content (AvgIpc) is 2.27. The highest BCUT2D eigenvalue weighted by Crippen LogP contribution is 2.14. The van der Waals surface area contributed by atoms with Gasteiger partial charge in [-0.1, -0.05) is 0 Å². The fraction of sp³-hybridized carbons (Fsp3) is 0.357. The third-order valence-electron chi connectivity index (χ3n) is 2.04. The van der Waals surface area contributed by atoms with Crippen molar-refractivity contribution in [2.45, 2.75) is 32.8 Å². The Morgan fingerprint density at radius 2 is 1.84 bits per heavy atom. The van der Waals surface area contributed by atoms with Gasteiger partial charge in [0.05, 0.1) is 11.6 Å². The zero-order valence-electron chi connectivity index (χ0n) is 11.2. The normalized spacial score (nSPS) is 10.4. The number of nitrogens with zero attached hydrogens (tertiary/aromatic N) is 1. The van der Waals surface area contributed by atoms with E-state index in [2.05, 4.69) is 5.32 Å². The summed E-state index contributed by atoms with van der Waals surface area (Å²) in [5.41, 5.74) is 0.400. The molecule has 0 aliphatic carbocycles. The molecule has 1 N–H and O–H groups in total. The largest absolute Gasteiger partial charge is 0.456 e. The average molecular weight is 260 g/mol. The summed E-state index contributed by atoms with van der Waals surface area (Å²) in [6, 6.07) is 8.07. The van der Waals surface area contributed by atoms with Gasteiger partial charge in [0.2, 0.25) is 5.91 Å². The van der Waals surface area contributed by atoms with E-state index in [9.17, 15) is 9.59 Å². The number of esters is 1. The summed E-state index contributed by atoms with van der Waals surface area (Å²) < 4.78 is 5.21. The molecule has 1 rings (SSSR count). The van der Waals surface area contributed by atoms with Crippen LogP contribution in [0.25, 0.3) is 0 Å². The summed E-state index contributed by atoms with van der Waals surface area (Å²) in [6.45, 7) is 5.38. The molecule has 0 saturated heterocycles. The van der Waals surface area contributed by atoms with Crippen LogP contribution in [0.2, 0.25) is 0 Å². The number of benzene rings is 1. The fourth-order valence-corrected chi connectivity index (χ4v) is 1.30. The van der Waals surface area contributed by atoms with Crippen molar-refractivity contribution in [3.63, 3.8) is 0 Å². The van der Waals surface area contributed by atoms with Crippen molar-refractivity contribution < 1.29 is 14.3 Å². The molecule has 5 heteroatoms. The smallest absolute Gasteiger partial charge is 0.338 e. The van der Waals surface area contributed by atoms with E-state index in [1.807, 2.05) is 0 Å². The molecule has 19 heavy (non-hydrogen) atoms. The van der Waals surface area contributed by atoms with Crippen molar-refractivity contribution in [2.24, 2.45) is 0 Å². The van der Waals surface area contributed by atoms with Gasteiger partial charge >= 0.3 is 5.97 Å². The predicted molar refractivity (Wildman–Crippen MR) is 70.5 cm³/mol. The molecule has 1 aromatic carbocycles. The van der Waals surface area contributed by atoms with Crippen molar-refractivity contribution >= 4 is 17.6 Å². The summed E-state index contributed by atoms with van der Waals surface area (Å²) in [6.07, 6.45) is -0.201. The van der Waals surface area contributed by atoms with E-state index in [4.69, 9.17) is 10.00 Å². The molecule has 0 fully saturated rings. The Kier molecular flexibility index (Phi) is 4.65. The van der Waals surface area contributed by atoms with Gasteiger partial charge in [-0.15, -0.1) is 0 Å². The fourth-order valence-electron chi connectivity index (χ4n) is 1.30. The van der Waals surface area contributed by atoms with Gasteiger partial charge in [-0.2, -0.15) is 5.26 Å². The molecule has 0 aromatic heterocycles. The first-order valence-corrected chi connectivity index (χ1v) is 5.82. The molecule has 0 atom stereocenters. The summed E-state index contributed by atoms with van der Waals surface area (Å²) in [5.74, 6) is -0.796. The van der Waals surface area contributed by atoms with Gasteiger partial charge < -0.3 is 10.1 Å². The standard InChI is InChI=1S/C14H16N2O3/c1-14(2,3)19-13(18)10-4-6-11(7-5-10)16-12(17)8-9-15/h4-7H,8H2,1-3H3,(H,16,17). The topological polar surface area (TPSA) is 79.2 Å². The monoisotopic (exact) mass is 260 g/mol. The van der Waals surface area contributed by atoms with Crippen molar-refractivity contribution in [3.05, 3.63) is 29.8 Å². The third-order valence-corrected chi connectivity index (χ3v) is 2.04. The van der Waals surface area contributed by atoms with Crippen LogP contribution in [0.3, 0.4) is 0 Å². The van der Waals surface area contributed by atoms with E-state index in [-0.39, 0.29) is 12.3 Å². The predicted octanol–water partition coefficient (Wildman–Crippen LogP) is 2.49. The SMILES string of the molecule is CC(C)(C)OC(=O)c1ccc(NC(=O)CC#N)cc1. The summed E-state index contributed by atoms with van der Waals surface area (Å²) in [5, 5.41) is 10.9. The second-order valence-corrected chi connectivity index (χ2v) is 4.96. The van der Waals surface area contributed by atoms with Crippen LogP contribution < -0.4 is 5.32 Å². The van der Waals surface area contributed by atoms with Gasteiger partial charge in [0.1, 0.15) is 12.0 Å². The molecule has 0 saturated carbocycles. The number of nitriles is 1. The van der Waals surface area contributed by atoms with Crippen LogP contribution in [0.5, 0.6) is 0 Å². The Bertz CT molecular complexity index is 507. The first-order chi connectivity index (χ1) is 8.81. The highest BCUT2D eigenvalue weighted by Gasteiger charge is 2.17. The third kappa shape index (κ3) is 5.21. The van der Waals surface area contributed by atoms with Crippen LogP contribution in [0, 0.1) is 11.3 Å². The Hall–Kier alpha value is -2.35. The number of anilines is 1. The molecule has 1 amide bonds. The van der Waals surface area contributed by atoms with Crippen LogP contribution in [-0.2, 0) is 9.53 Å². The van der Waals surface area contributed by atoms with Gasteiger partial charge in [0.25, 0.3) is 0 Å². The van der Waals surface area contributed by atoms with Crippen LogP contribution >= 0.6 is 0 Å². The van der Waals surface area contributed by atoms with E-state index in [1.165, 1.54) is 0 Å². The number of rotatable bonds is 3. The van der Waals surface area contributed by atoms with Crippen molar-refractivity contribution in [2.75, 3.05) is 5.32 Å². The molecule has 0 spiro atoms. The van der Waals surface area contributed by atoms with Gasteiger partial charge in [-0.05, 0) is 45.0 Å². The number of hydrogen-bond donors (Lipinski definition) is 1. The minimum atomic E-state index is -0.545. The zero-order valence-corrected chi connectivity index (χ0v) is 11.2. The molecule has 5 nitrogen and oxygen atoms in total. The summed E-state index contributed by atoms with van der Waals surface area (Å²) in [7, 11) is 0. The summed E-state index contributed by atoms with van der Waals surface area (Å²) in [4.78, 5) is 22.9. The number of ether oxygens (including phenoxy) is 1. The van der Waals surface area contributed by atoms with E-state index in [1.54, 1.807) is 51.1 Å². The summed E-state index contributed by atoms with van der Waals surface area (Å²) >= 11 is 0. The van der Waals surface area contributed by atoms with Gasteiger partial charge in [0.15, 0.2) is 0 Å². The molecular weight excluding hydrogens is 244 g/mol. The first-order valence-electron chi connectivity index (χ1n) is 5.82. The lowest BCUT2D eigenvalue weighted by Crippen LogP contribution is -2.23. The second-order valence-electron chi connectivity index (χ2n) is 4.96. The maximum atomic E-state index is 11.7. The van der Waals surface area contributed by atoms with E-state index in [0.29, 0.717) is 11.3 Å². The lowest BCUT2D eigenvalue weighted by atomic mass is 10.1. The van der Waals surface area contributed by atoms with Crippen molar-refractivity contribution in [1.82, 2.24) is 0 Å². The Balaban J connectivity index is 2.69. The number of nitrogens with one attached hydrogen (secondary N) is 1. The van der Waals surface area contributed by atoms with E-state index in [0.717, 1.165) is 0 Å². The maximum absolute atomic E-state index is 11.7. The maximum Gasteiger partial charge on any atom is 0.338 e. The Morgan fingerprint density at radius 3 is 2.32 bits per heavy atom. The Labute approximate surface area is 112 Å². The van der Waals surface area contributed by atoms with Crippen LogP contribution in [0.15, 0.2) is 24.3 Å². The minimum absolute atomic E-state index is 0.201. The first kappa shape index (κ1) is 14.7. The van der Waals surface area contributed by atoms with E-state index >= 15 is 0 Å². The molecule has 0 bridgehead atoms. The molecule has 0 unspecified atom stereocenters. The van der Waals surface area contributed by atoms with Gasteiger partial charge in [0, 0.05) is 5.69 Å². The van der Waals surface area contributed by atoms with Crippen LogP contribution in [-0.4, -0.2) is 17.5 Å². The lowest BCUT2D eigenvalue weighted by Gasteiger charge is -2.19. The van der Waals surface area contributed by atoms with Crippen molar-refractivity contribution in [1.29, 1.82) is 5.26 Å². The molecule has 0 heterocycles.